The first-order valence-corrected chi connectivity index (χ1v) is 9.57. The molecular weight excluding hydrogens is 398 g/mol. The predicted octanol–water partition coefficient (Wildman–Crippen LogP) is 2.47. The second kappa shape index (κ2) is 8.20. The molecule has 0 aromatic heterocycles. The number of carbonyl (C=O) groups excluding carboxylic acids is 3. The Morgan fingerprint density at radius 1 is 1.19 bits per heavy atom. The highest BCUT2D eigenvalue weighted by molar-refractivity contribution is 9.10. The van der Waals surface area contributed by atoms with E-state index in [4.69, 9.17) is 0 Å². The van der Waals surface area contributed by atoms with Gasteiger partial charge in [0.15, 0.2) is 0 Å². The first kappa shape index (κ1) is 20.4. The summed E-state index contributed by atoms with van der Waals surface area (Å²) >= 11 is 3.35. The summed E-state index contributed by atoms with van der Waals surface area (Å²) in [6.07, 6.45) is 1.37. The lowest BCUT2D eigenvalue weighted by atomic mass is 10.1. The van der Waals surface area contributed by atoms with E-state index in [1.165, 1.54) is 0 Å². The maximum atomic E-state index is 12.7. The van der Waals surface area contributed by atoms with E-state index in [-0.39, 0.29) is 23.3 Å². The van der Waals surface area contributed by atoms with Gasteiger partial charge in [-0.1, -0.05) is 15.9 Å². The van der Waals surface area contributed by atoms with Gasteiger partial charge in [0.1, 0.15) is 12.1 Å². The molecule has 1 aromatic rings. The fourth-order valence-corrected chi connectivity index (χ4v) is 3.16. The van der Waals surface area contributed by atoms with Gasteiger partial charge in [0.2, 0.25) is 11.8 Å². The van der Waals surface area contributed by atoms with Crippen LogP contribution in [0.15, 0.2) is 28.7 Å². The van der Waals surface area contributed by atoms with Crippen LogP contribution in [0.2, 0.25) is 0 Å². The molecule has 2 rings (SSSR count). The molecule has 1 saturated heterocycles. The summed E-state index contributed by atoms with van der Waals surface area (Å²) in [7, 11) is 0. The van der Waals surface area contributed by atoms with Gasteiger partial charge in [0.25, 0.3) is 5.91 Å². The predicted molar refractivity (Wildman–Crippen MR) is 104 cm³/mol. The molecule has 1 heterocycles. The lowest BCUT2D eigenvalue weighted by Crippen LogP contribution is -2.54. The van der Waals surface area contributed by atoms with Crippen molar-refractivity contribution in [1.29, 1.82) is 0 Å². The first-order chi connectivity index (χ1) is 12.1. The summed E-state index contributed by atoms with van der Waals surface area (Å²) in [5, 5.41) is 5.58. The van der Waals surface area contributed by atoms with Gasteiger partial charge in [-0.3, -0.25) is 14.4 Å². The summed E-state index contributed by atoms with van der Waals surface area (Å²) in [6.45, 7) is 7.84. The van der Waals surface area contributed by atoms with Gasteiger partial charge in [-0.2, -0.15) is 0 Å². The largest absolute Gasteiger partial charge is 0.350 e. The molecule has 7 heteroatoms. The Balaban J connectivity index is 2.02. The standard InChI is InChI=1S/C19H26BrN3O3/c1-12(16(24)22-19(2,3)4)21-17(25)15-6-5-11-23(15)18(26)13-7-9-14(20)10-8-13/h7-10,12,15H,5-6,11H2,1-4H3,(H,21,25)(H,22,24). The molecule has 2 atom stereocenters. The molecule has 1 fully saturated rings. The molecule has 26 heavy (non-hydrogen) atoms. The van der Waals surface area contributed by atoms with Gasteiger partial charge >= 0.3 is 0 Å². The summed E-state index contributed by atoms with van der Waals surface area (Å²) in [5.41, 5.74) is 0.180. The van der Waals surface area contributed by atoms with E-state index >= 15 is 0 Å². The summed E-state index contributed by atoms with van der Waals surface area (Å²) in [5.74, 6) is -0.693. The third-order valence-electron chi connectivity index (χ3n) is 4.16. The maximum Gasteiger partial charge on any atom is 0.254 e. The normalized spacial score (nSPS) is 18.3. The van der Waals surface area contributed by atoms with Crippen LogP contribution in [0.25, 0.3) is 0 Å². The molecular formula is C19H26BrN3O3. The molecule has 1 aliphatic rings. The zero-order chi connectivity index (χ0) is 19.5. The van der Waals surface area contributed by atoms with Crippen molar-refractivity contribution in [3.05, 3.63) is 34.3 Å². The molecule has 0 spiro atoms. The van der Waals surface area contributed by atoms with Gasteiger partial charge < -0.3 is 15.5 Å². The van der Waals surface area contributed by atoms with Crippen LogP contribution in [-0.2, 0) is 9.59 Å². The van der Waals surface area contributed by atoms with E-state index in [1.807, 2.05) is 20.8 Å². The van der Waals surface area contributed by atoms with Crippen LogP contribution in [0.1, 0.15) is 50.9 Å². The van der Waals surface area contributed by atoms with Crippen molar-refractivity contribution < 1.29 is 14.4 Å². The fourth-order valence-electron chi connectivity index (χ4n) is 2.89. The van der Waals surface area contributed by atoms with Crippen LogP contribution in [0.5, 0.6) is 0 Å². The number of hydrogen-bond acceptors (Lipinski definition) is 3. The Morgan fingerprint density at radius 2 is 1.81 bits per heavy atom. The average Bonchev–Trinajstić information content (AvgIpc) is 3.02. The quantitative estimate of drug-likeness (QED) is 0.780. The third-order valence-corrected chi connectivity index (χ3v) is 4.69. The molecule has 0 saturated carbocycles. The van der Waals surface area contributed by atoms with Gasteiger partial charge in [0, 0.05) is 22.1 Å². The molecule has 2 unspecified atom stereocenters. The second-order valence-corrected chi connectivity index (χ2v) is 8.55. The van der Waals surface area contributed by atoms with Gasteiger partial charge in [0.05, 0.1) is 0 Å². The lowest BCUT2D eigenvalue weighted by Gasteiger charge is -2.27. The van der Waals surface area contributed by atoms with Crippen LogP contribution < -0.4 is 10.6 Å². The molecule has 1 aromatic carbocycles. The Kier molecular flexibility index (Phi) is 6.44. The smallest absolute Gasteiger partial charge is 0.254 e. The topological polar surface area (TPSA) is 78.5 Å². The van der Waals surface area contributed by atoms with Crippen LogP contribution in [0.3, 0.4) is 0 Å². The van der Waals surface area contributed by atoms with Crippen molar-refractivity contribution >= 4 is 33.7 Å². The van der Waals surface area contributed by atoms with E-state index in [2.05, 4.69) is 26.6 Å². The summed E-state index contributed by atoms with van der Waals surface area (Å²) < 4.78 is 0.892. The number of amides is 3. The number of carbonyl (C=O) groups is 3. The highest BCUT2D eigenvalue weighted by Crippen LogP contribution is 2.21. The highest BCUT2D eigenvalue weighted by Gasteiger charge is 2.35. The Bertz CT molecular complexity index is 682. The number of likely N-dealkylation sites (tertiary alicyclic amines) is 1. The molecule has 2 N–H and O–H groups in total. The van der Waals surface area contributed by atoms with Crippen molar-refractivity contribution in [2.24, 2.45) is 0 Å². The molecule has 0 radical (unpaired) electrons. The minimum Gasteiger partial charge on any atom is -0.350 e. The van der Waals surface area contributed by atoms with Crippen LogP contribution in [0, 0.1) is 0 Å². The molecule has 6 nitrogen and oxygen atoms in total. The minimum absolute atomic E-state index is 0.165. The fraction of sp³-hybridized carbons (Fsp3) is 0.526. The van der Waals surface area contributed by atoms with Crippen LogP contribution in [0.4, 0.5) is 0 Å². The van der Waals surface area contributed by atoms with Crippen LogP contribution in [-0.4, -0.2) is 46.8 Å². The van der Waals surface area contributed by atoms with Crippen molar-refractivity contribution in [2.75, 3.05) is 6.54 Å². The third kappa shape index (κ3) is 5.30. The molecule has 1 aliphatic heterocycles. The van der Waals surface area contributed by atoms with E-state index in [9.17, 15) is 14.4 Å². The monoisotopic (exact) mass is 423 g/mol. The SMILES string of the molecule is CC(NC(=O)C1CCCN1C(=O)c1ccc(Br)cc1)C(=O)NC(C)(C)C. The number of rotatable bonds is 4. The van der Waals surface area contributed by atoms with Gasteiger partial charge in [-0.15, -0.1) is 0 Å². The molecule has 0 aliphatic carbocycles. The number of nitrogens with zero attached hydrogens (tertiary/aromatic N) is 1. The Labute approximate surface area is 162 Å². The van der Waals surface area contributed by atoms with E-state index in [0.717, 1.165) is 10.9 Å². The minimum atomic E-state index is -0.660. The van der Waals surface area contributed by atoms with E-state index < -0.39 is 12.1 Å². The second-order valence-electron chi connectivity index (χ2n) is 7.63. The van der Waals surface area contributed by atoms with Crippen molar-refractivity contribution in [3.8, 4) is 0 Å². The van der Waals surface area contributed by atoms with Crippen molar-refractivity contribution in [2.45, 2.75) is 58.2 Å². The van der Waals surface area contributed by atoms with Gasteiger partial charge in [-0.25, -0.2) is 0 Å². The van der Waals surface area contributed by atoms with Gasteiger partial charge in [-0.05, 0) is 64.8 Å². The molecule has 142 valence electrons. The summed E-state index contributed by atoms with van der Waals surface area (Å²) in [4.78, 5) is 39.1. The Hall–Kier alpha value is -1.89. The molecule has 3 amide bonds. The average molecular weight is 424 g/mol. The maximum absolute atomic E-state index is 12.7. The lowest BCUT2D eigenvalue weighted by molar-refractivity contribution is -0.131. The van der Waals surface area contributed by atoms with Crippen LogP contribution >= 0.6 is 15.9 Å². The summed E-state index contributed by atoms with van der Waals surface area (Å²) in [6, 6.07) is 5.87. The first-order valence-electron chi connectivity index (χ1n) is 8.77. The zero-order valence-corrected chi connectivity index (χ0v) is 17.2. The highest BCUT2D eigenvalue weighted by atomic mass is 79.9. The number of hydrogen-bond donors (Lipinski definition) is 2. The van der Waals surface area contributed by atoms with Crippen molar-refractivity contribution in [3.63, 3.8) is 0 Å². The number of halogens is 1. The number of nitrogens with one attached hydrogen (secondary N) is 2. The van der Waals surface area contributed by atoms with E-state index in [1.54, 1.807) is 36.1 Å². The Morgan fingerprint density at radius 3 is 2.38 bits per heavy atom. The molecule has 0 bridgehead atoms. The van der Waals surface area contributed by atoms with Crippen molar-refractivity contribution in [1.82, 2.24) is 15.5 Å². The zero-order valence-electron chi connectivity index (χ0n) is 15.6. The van der Waals surface area contributed by atoms with E-state index in [0.29, 0.717) is 18.5 Å². The number of benzene rings is 1.